The third-order valence-electron chi connectivity index (χ3n) is 6.03. The third kappa shape index (κ3) is 3.21. The molecule has 0 unspecified atom stereocenters. The second-order valence-electron chi connectivity index (χ2n) is 7.85. The number of aromatic nitrogens is 3. The molecule has 2 atom stereocenters. The lowest BCUT2D eigenvalue weighted by Crippen LogP contribution is -2.34. The molecule has 0 spiro atoms. The zero-order chi connectivity index (χ0) is 19.8. The van der Waals surface area contributed by atoms with Gasteiger partial charge in [-0.15, -0.1) is 0 Å². The number of rotatable bonds is 3. The van der Waals surface area contributed by atoms with Gasteiger partial charge in [0.25, 0.3) is 5.56 Å². The van der Waals surface area contributed by atoms with Crippen LogP contribution in [0.1, 0.15) is 43.0 Å². The molecule has 1 fully saturated rings. The second-order valence-corrected chi connectivity index (χ2v) is 7.85. The summed E-state index contributed by atoms with van der Waals surface area (Å²) in [5.74, 6) is 0. The number of benzene rings is 2. The molecule has 2 aromatic carbocycles. The van der Waals surface area contributed by atoms with Crippen LogP contribution in [0.2, 0.25) is 0 Å². The SMILES string of the molecule is O=c1c2cc(Cc3ccccn3)c3ccccc3c2ncn1[C@H]1CCCC[C@@H]1O. The van der Waals surface area contributed by atoms with E-state index in [0.29, 0.717) is 11.8 Å². The van der Waals surface area contributed by atoms with E-state index >= 15 is 0 Å². The van der Waals surface area contributed by atoms with Crippen molar-refractivity contribution >= 4 is 21.7 Å². The standard InChI is InChI=1S/C24H23N3O2/c28-22-11-4-3-10-21(22)27-15-26-23-19-9-2-1-8-18(19)16(14-20(23)24(27)29)13-17-7-5-6-12-25-17/h1-2,5-9,12,14-15,21-22,28H,3-4,10-11,13H2/t21-,22-/m0/s1. The van der Waals surface area contributed by atoms with Crippen LogP contribution in [0.25, 0.3) is 21.7 Å². The summed E-state index contributed by atoms with van der Waals surface area (Å²) in [5.41, 5.74) is 2.67. The average molecular weight is 385 g/mol. The topological polar surface area (TPSA) is 68.0 Å². The van der Waals surface area contributed by atoms with Gasteiger partial charge in [0.05, 0.1) is 29.4 Å². The zero-order valence-corrected chi connectivity index (χ0v) is 16.2. The van der Waals surface area contributed by atoms with Crippen LogP contribution in [0.3, 0.4) is 0 Å². The number of fused-ring (bicyclic) bond motifs is 3. The first kappa shape index (κ1) is 18.0. The molecule has 1 aliphatic carbocycles. The summed E-state index contributed by atoms with van der Waals surface area (Å²) in [5, 5.41) is 13.1. The van der Waals surface area contributed by atoms with Crippen molar-refractivity contribution in [3.63, 3.8) is 0 Å². The van der Waals surface area contributed by atoms with Gasteiger partial charge in [-0.2, -0.15) is 0 Å². The highest BCUT2D eigenvalue weighted by molar-refractivity contribution is 6.06. The Labute approximate surface area is 168 Å². The second kappa shape index (κ2) is 7.41. The molecule has 5 rings (SSSR count). The molecule has 0 saturated heterocycles. The predicted octanol–water partition coefficient (Wildman–Crippen LogP) is 4.01. The summed E-state index contributed by atoms with van der Waals surface area (Å²) >= 11 is 0. The van der Waals surface area contributed by atoms with Gasteiger partial charge in [-0.25, -0.2) is 4.98 Å². The van der Waals surface area contributed by atoms with E-state index in [1.807, 2.05) is 42.5 Å². The van der Waals surface area contributed by atoms with E-state index in [2.05, 4.69) is 16.0 Å². The molecule has 1 saturated carbocycles. The fraction of sp³-hybridized carbons (Fsp3) is 0.292. The number of nitrogens with zero attached hydrogens (tertiary/aromatic N) is 3. The van der Waals surface area contributed by atoms with Gasteiger partial charge in [0.15, 0.2) is 0 Å². The largest absolute Gasteiger partial charge is 0.391 e. The molecule has 2 aromatic heterocycles. The first-order chi connectivity index (χ1) is 14.2. The van der Waals surface area contributed by atoms with Crippen LogP contribution in [0, 0.1) is 0 Å². The van der Waals surface area contributed by atoms with Crippen LogP contribution in [0.15, 0.2) is 65.8 Å². The number of hydrogen-bond acceptors (Lipinski definition) is 4. The van der Waals surface area contributed by atoms with Crippen molar-refractivity contribution in [3.05, 3.63) is 82.7 Å². The Hall–Kier alpha value is -3.05. The van der Waals surface area contributed by atoms with Crippen LogP contribution < -0.4 is 5.56 Å². The van der Waals surface area contributed by atoms with Crippen molar-refractivity contribution in [3.8, 4) is 0 Å². The highest BCUT2D eigenvalue weighted by Crippen LogP contribution is 2.30. The minimum atomic E-state index is -0.492. The van der Waals surface area contributed by atoms with Gasteiger partial charge >= 0.3 is 0 Å². The Bertz CT molecular complexity index is 1230. The minimum Gasteiger partial charge on any atom is -0.391 e. The van der Waals surface area contributed by atoms with E-state index in [1.165, 1.54) is 0 Å². The summed E-state index contributed by atoms with van der Waals surface area (Å²) in [4.78, 5) is 22.5. The van der Waals surface area contributed by atoms with Gasteiger partial charge in [0.1, 0.15) is 0 Å². The highest BCUT2D eigenvalue weighted by Gasteiger charge is 2.26. The molecule has 2 heterocycles. The quantitative estimate of drug-likeness (QED) is 0.541. The summed E-state index contributed by atoms with van der Waals surface area (Å²) in [6.45, 7) is 0. The summed E-state index contributed by atoms with van der Waals surface area (Å²) in [6.07, 6.45) is 7.14. The van der Waals surface area contributed by atoms with Gasteiger partial charge in [-0.05, 0) is 42.0 Å². The van der Waals surface area contributed by atoms with Crippen LogP contribution >= 0.6 is 0 Å². The molecule has 0 aliphatic heterocycles. The van der Waals surface area contributed by atoms with Crippen LogP contribution in [-0.4, -0.2) is 25.7 Å². The molecule has 1 N–H and O–H groups in total. The van der Waals surface area contributed by atoms with E-state index in [-0.39, 0.29) is 11.6 Å². The smallest absolute Gasteiger partial charge is 0.261 e. The Kier molecular flexibility index (Phi) is 4.60. The maximum Gasteiger partial charge on any atom is 0.261 e. The maximum atomic E-state index is 13.4. The molecule has 146 valence electrons. The molecule has 0 amide bonds. The van der Waals surface area contributed by atoms with Crippen molar-refractivity contribution in [1.29, 1.82) is 0 Å². The van der Waals surface area contributed by atoms with Crippen LogP contribution in [0.5, 0.6) is 0 Å². The van der Waals surface area contributed by atoms with Crippen molar-refractivity contribution in [1.82, 2.24) is 14.5 Å². The lowest BCUT2D eigenvalue weighted by atomic mass is 9.92. The normalized spacial score (nSPS) is 19.6. The van der Waals surface area contributed by atoms with E-state index in [0.717, 1.165) is 53.2 Å². The van der Waals surface area contributed by atoms with E-state index < -0.39 is 6.10 Å². The summed E-state index contributed by atoms with van der Waals surface area (Å²) < 4.78 is 1.64. The number of aliphatic hydroxyl groups excluding tert-OH is 1. The molecule has 0 radical (unpaired) electrons. The number of aliphatic hydroxyl groups is 1. The molecule has 29 heavy (non-hydrogen) atoms. The van der Waals surface area contributed by atoms with Gasteiger partial charge in [0.2, 0.25) is 0 Å². The summed E-state index contributed by atoms with van der Waals surface area (Å²) in [6, 6.07) is 15.7. The van der Waals surface area contributed by atoms with Crippen molar-refractivity contribution < 1.29 is 5.11 Å². The lowest BCUT2D eigenvalue weighted by molar-refractivity contribution is 0.0735. The molecule has 4 aromatic rings. The Morgan fingerprint density at radius 1 is 0.966 bits per heavy atom. The summed E-state index contributed by atoms with van der Waals surface area (Å²) in [7, 11) is 0. The van der Waals surface area contributed by atoms with Gasteiger partial charge in [-0.3, -0.25) is 14.3 Å². The van der Waals surface area contributed by atoms with Crippen molar-refractivity contribution in [2.24, 2.45) is 0 Å². The highest BCUT2D eigenvalue weighted by atomic mass is 16.3. The Morgan fingerprint density at radius 2 is 1.76 bits per heavy atom. The van der Waals surface area contributed by atoms with Gasteiger partial charge in [-0.1, -0.05) is 43.2 Å². The molecular formula is C24H23N3O2. The molecule has 5 nitrogen and oxygen atoms in total. The number of hydrogen-bond donors (Lipinski definition) is 1. The van der Waals surface area contributed by atoms with Crippen LogP contribution in [0.4, 0.5) is 0 Å². The monoisotopic (exact) mass is 385 g/mol. The van der Waals surface area contributed by atoms with E-state index in [9.17, 15) is 9.90 Å². The fourth-order valence-corrected chi connectivity index (χ4v) is 4.55. The zero-order valence-electron chi connectivity index (χ0n) is 16.2. The van der Waals surface area contributed by atoms with Crippen molar-refractivity contribution in [2.75, 3.05) is 0 Å². The van der Waals surface area contributed by atoms with Gasteiger partial charge in [0, 0.05) is 23.7 Å². The Morgan fingerprint density at radius 3 is 2.55 bits per heavy atom. The lowest BCUT2D eigenvalue weighted by Gasteiger charge is -2.29. The van der Waals surface area contributed by atoms with E-state index in [4.69, 9.17) is 0 Å². The minimum absolute atomic E-state index is 0.0750. The Balaban J connectivity index is 1.72. The van der Waals surface area contributed by atoms with Gasteiger partial charge < -0.3 is 5.11 Å². The molecule has 1 aliphatic rings. The molecular weight excluding hydrogens is 362 g/mol. The predicted molar refractivity (Wildman–Crippen MR) is 114 cm³/mol. The first-order valence-corrected chi connectivity index (χ1v) is 10.2. The molecule has 0 bridgehead atoms. The number of pyridine rings is 1. The molecule has 5 heteroatoms. The first-order valence-electron chi connectivity index (χ1n) is 10.2. The average Bonchev–Trinajstić information content (AvgIpc) is 2.76. The third-order valence-corrected chi connectivity index (χ3v) is 6.03. The fourth-order valence-electron chi connectivity index (χ4n) is 4.55. The van der Waals surface area contributed by atoms with Crippen molar-refractivity contribution in [2.45, 2.75) is 44.2 Å². The van der Waals surface area contributed by atoms with E-state index in [1.54, 1.807) is 17.1 Å². The maximum absolute atomic E-state index is 13.4. The van der Waals surface area contributed by atoms with Crippen LogP contribution in [-0.2, 0) is 6.42 Å².